The molecule has 1 aliphatic heterocycles. The van der Waals surface area contributed by atoms with Crippen LogP contribution in [-0.4, -0.2) is 12.9 Å². The number of hydrogen-bond donors (Lipinski definition) is 0. The summed E-state index contributed by atoms with van der Waals surface area (Å²) in [5.41, 5.74) is 0. The number of nitrogens with zero attached hydrogens (tertiary/aromatic N) is 1. The summed E-state index contributed by atoms with van der Waals surface area (Å²) in [4.78, 5) is 3.81. The van der Waals surface area contributed by atoms with Crippen molar-refractivity contribution < 1.29 is 4.74 Å². The van der Waals surface area contributed by atoms with E-state index in [0.29, 0.717) is 0 Å². The van der Waals surface area contributed by atoms with Crippen LogP contribution >= 0.6 is 0 Å². The third kappa shape index (κ3) is 1.39. The van der Waals surface area contributed by atoms with E-state index in [2.05, 4.69) is 4.99 Å². The number of ether oxygens (including phenoxy) is 1. The van der Waals surface area contributed by atoms with Crippen molar-refractivity contribution in [2.45, 2.75) is 0 Å². The Morgan fingerprint density at radius 1 is 1.57 bits per heavy atom. The fourth-order valence-corrected chi connectivity index (χ4v) is 0.344. The zero-order chi connectivity index (χ0) is 4.95. The minimum absolute atomic E-state index is 0.733. The summed E-state index contributed by atoms with van der Waals surface area (Å²) in [6, 6.07) is 0. The molecule has 0 aromatic heterocycles. The van der Waals surface area contributed by atoms with Gasteiger partial charge in [0.25, 0.3) is 0 Å². The monoisotopic (exact) mass is 96.0 g/mol. The Morgan fingerprint density at radius 2 is 2.57 bits per heavy atom. The Balaban J connectivity index is 2.38. The van der Waals surface area contributed by atoms with Crippen molar-refractivity contribution in [3.63, 3.8) is 0 Å². The maximum Gasteiger partial charge on any atom is 0.175 e. The zero-order valence-electron chi connectivity index (χ0n) is 3.87. The van der Waals surface area contributed by atoms with Crippen LogP contribution in [0.15, 0.2) is 17.3 Å². The van der Waals surface area contributed by atoms with Crippen molar-refractivity contribution in [1.82, 2.24) is 0 Å². The van der Waals surface area contributed by atoms with Gasteiger partial charge in [-0.25, -0.2) is 0 Å². The molecule has 2 nitrogen and oxygen atoms in total. The molecule has 0 fully saturated rings. The molecule has 0 saturated carbocycles. The summed E-state index contributed by atoms with van der Waals surface area (Å²) < 4.78 is 4.69. The molecular weight excluding hydrogens is 90.1 g/mol. The van der Waals surface area contributed by atoms with Gasteiger partial charge in [0, 0.05) is 13.0 Å². The van der Waals surface area contributed by atoms with Gasteiger partial charge in [-0.2, -0.15) is 0 Å². The maximum absolute atomic E-state index is 4.69. The van der Waals surface area contributed by atoms with Gasteiger partial charge < -0.3 is 4.74 Å². The second-order valence-electron chi connectivity index (χ2n) is 1.17. The van der Waals surface area contributed by atoms with E-state index in [4.69, 9.17) is 4.74 Å². The largest absolute Gasteiger partial charge is 0.454 e. The van der Waals surface area contributed by atoms with Crippen molar-refractivity contribution in [2.75, 3.05) is 6.54 Å². The van der Waals surface area contributed by atoms with Gasteiger partial charge in [0.15, 0.2) is 6.40 Å². The lowest BCUT2D eigenvalue weighted by molar-refractivity contribution is 0.495. The van der Waals surface area contributed by atoms with E-state index < -0.39 is 0 Å². The lowest BCUT2D eigenvalue weighted by atomic mass is 10.4. The molecule has 0 amide bonds. The van der Waals surface area contributed by atoms with Crippen molar-refractivity contribution in [3.05, 3.63) is 18.8 Å². The average molecular weight is 96.1 g/mol. The van der Waals surface area contributed by atoms with Gasteiger partial charge in [0.2, 0.25) is 0 Å². The van der Waals surface area contributed by atoms with Gasteiger partial charge in [-0.1, -0.05) is 0 Å². The third-order valence-corrected chi connectivity index (χ3v) is 0.639. The van der Waals surface area contributed by atoms with E-state index in [1.165, 1.54) is 6.40 Å². The van der Waals surface area contributed by atoms with Crippen molar-refractivity contribution in [2.24, 2.45) is 4.99 Å². The van der Waals surface area contributed by atoms with E-state index in [1.807, 2.05) is 12.5 Å². The molecule has 0 aromatic rings. The van der Waals surface area contributed by atoms with Crippen LogP contribution in [0.25, 0.3) is 0 Å². The van der Waals surface area contributed by atoms with Crippen LogP contribution in [0.1, 0.15) is 0 Å². The Morgan fingerprint density at radius 3 is 3.57 bits per heavy atom. The van der Waals surface area contributed by atoms with E-state index in [0.717, 1.165) is 6.54 Å². The highest BCUT2D eigenvalue weighted by molar-refractivity contribution is 5.48. The molecular formula is C5H6NO. The predicted octanol–water partition coefficient (Wildman–Crippen LogP) is 0.763. The van der Waals surface area contributed by atoms with Crippen LogP contribution in [0.5, 0.6) is 0 Å². The molecule has 37 valence electrons. The Kier molecular flexibility index (Phi) is 1.50. The molecule has 0 saturated heterocycles. The van der Waals surface area contributed by atoms with Gasteiger partial charge in [-0.3, -0.25) is 4.99 Å². The van der Waals surface area contributed by atoms with Crippen LogP contribution in [0, 0.1) is 6.42 Å². The van der Waals surface area contributed by atoms with Crippen LogP contribution in [0.3, 0.4) is 0 Å². The molecule has 1 heterocycles. The van der Waals surface area contributed by atoms with Crippen molar-refractivity contribution in [3.8, 4) is 0 Å². The first-order valence-electron chi connectivity index (χ1n) is 2.12. The molecule has 0 aliphatic carbocycles. The molecule has 2 heteroatoms. The fourth-order valence-electron chi connectivity index (χ4n) is 0.344. The highest BCUT2D eigenvalue weighted by Crippen LogP contribution is 1.86. The van der Waals surface area contributed by atoms with Crippen LogP contribution in [-0.2, 0) is 4.74 Å². The highest BCUT2D eigenvalue weighted by atomic mass is 16.5. The van der Waals surface area contributed by atoms with Crippen molar-refractivity contribution >= 4 is 6.40 Å². The van der Waals surface area contributed by atoms with Gasteiger partial charge in [0.05, 0.1) is 6.26 Å². The molecule has 0 unspecified atom stereocenters. The summed E-state index contributed by atoms with van der Waals surface area (Å²) in [5.74, 6) is 0. The SMILES string of the molecule is [CH]1C=COC=NC1. The minimum Gasteiger partial charge on any atom is -0.454 e. The molecule has 0 N–H and O–H groups in total. The number of rotatable bonds is 0. The highest BCUT2D eigenvalue weighted by Gasteiger charge is 1.80. The summed E-state index contributed by atoms with van der Waals surface area (Å²) >= 11 is 0. The summed E-state index contributed by atoms with van der Waals surface area (Å²) in [6.07, 6.45) is 6.77. The summed E-state index contributed by atoms with van der Waals surface area (Å²) in [5, 5.41) is 0. The summed E-state index contributed by atoms with van der Waals surface area (Å²) in [6.45, 7) is 0.733. The molecule has 0 aromatic carbocycles. The fraction of sp³-hybridized carbons (Fsp3) is 0.200. The zero-order valence-corrected chi connectivity index (χ0v) is 3.87. The van der Waals surface area contributed by atoms with Gasteiger partial charge >= 0.3 is 0 Å². The smallest absolute Gasteiger partial charge is 0.175 e. The quantitative estimate of drug-likeness (QED) is 0.436. The average Bonchev–Trinajstić information content (AvgIpc) is 1.90. The molecule has 1 rings (SSSR count). The third-order valence-electron chi connectivity index (χ3n) is 0.639. The van der Waals surface area contributed by atoms with Crippen LogP contribution < -0.4 is 0 Å². The standard InChI is InChI=1S/C5H6NO/c1-2-4-7-5-6-3-1/h1-2,4-5H,3H2. The molecule has 0 atom stereocenters. The first-order chi connectivity index (χ1) is 3.50. The van der Waals surface area contributed by atoms with Gasteiger partial charge in [0.1, 0.15) is 0 Å². The van der Waals surface area contributed by atoms with Crippen molar-refractivity contribution in [1.29, 1.82) is 0 Å². The Labute approximate surface area is 42.5 Å². The predicted molar refractivity (Wildman–Crippen MR) is 27.9 cm³/mol. The van der Waals surface area contributed by atoms with E-state index in [1.54, 1.807) is 6.26 Å². The van der Waals surface area contributed by atoms with Crippen LogP contribution in [0.2, 0.25) is 0 Å². The Bertz CT molecular complexity index is 84.3. The Hall–Kier alpha value is -0.790. The normalized spacial score (nSPS) is 18.3. The number of aliphatic imine (C=N–C) groups is 1. The first-order valence-corrected chi connectivity index (χ1v) is 2.12. The van der Waals surface area contributed by atoms with Gasteiger partial charge in [-0.05, 0) is 6.08 Å². The van der Waals surface area contributed by atoms with E-state index >= 15 is 0 Å². The summed E-state index contributed by atoms with van der Waals surface area (Å²) in [7, 11) is 0. The lowest BCUT2D eigenvalue weighted by Crippen LogP contribution is -1.74. The first kappa shape index (κ1) is 4.37. The topological polar surface area (TPSA) is 21.6 Å². The van der Waals surface area contributed by atoms with E-state index in [9.17, 15) is 0 Å². The lowest BCUT2D eigenvalue weighted by Gasteiger charge is -1.78. The minimum atomic E-state index is 0.733. The molecule has 1 radical (unpaired) electrons. The maximum atomic E-state index is 4.69. The molecule has 0 spiro atoms. The van der Waals surface area contributed by atoms with E-state index in [-0.39, 0.29) is 0 Å². The second kappa shape index (κ2) is 2.39. The molecule has 0 bridgehead atoms. The van der Waals surface area contributed by atoms with Gasteiger partial charge in [-0.15, -0.1) is 0 Å². The van der Waals surface area contributed by atoms with Crippen LogP contribution in [0.4, 0.5) is 0 Å². The second-order valence-corrected chi connectivity index (χ2v) is 1.17. The molecule has 7 heavy (non-hydrogen) atoms. The molecule has 1 aliphatic rings. The number of hydrogen-bond acceptors (Lipinski definition) is 2.